The summed E-state index contributed by atoms with van der Waals surface area (Å²) < 4.78 is 5.32. The average molecular weight is 414 g/mol. The minimum atomic E-state index is -0.268. The third kappa shape index (κ3) is 3.51. The molecular formula is C24H19N3O2S. The number of para-hydroxylation sites is 1. The topological polar surface area (TPSA) is 75.0 Å². The largest absolute Gasteiger partial charge is 0.497 e. The summed E-state index contributed by atoms with van der Waals surface area (Å²) in [6.07, 6.45) is 0. The summed E-state index contributed by atoms with van der Waals surface area (Å²) in [6.45, 7) is 3.84. The third-order valence-electron chi connectivity index (χ3n) is 5.05. The fourth-order valence-electron chi connectivity index (χ4n) is 3.31. The zero-order valence-electron chi connectivity index (χ0n) is 16.8. The first-order chi connectivity index (χ1) is 14.5. The van der Waals surface area contributed by atoms with Gasteiger partial charge in [0, 0.05) is 15.8 Å². The Kier molecular flexibility index (Phi) is 5.21. The molecule has 0 fully saturated rings. The van der Waals surface area contributed by atoms with Crippen LogP contribution in [-0.4, -0.2) is 18.0 Å². The van der Waals surface area contributed by atoms with E-state index in [9.17, 15) is 10.1 Å². The zero-order chi connectivity index (χ0) is 21.3. The molecule has 2 aromatic carbocycles. The second kappa shape index (κ2) is 7.97. The van der Waals surface area contributed by atoms with E-state index in [1.807, 2.05) is 62.4 Å². The molecule has 30 heavy (non-hydrogen) atoms. The Morgan fingerprint density at radius 3 is 2.70 bits per heavy atom. The number of fused-ring (bicyclic) bond motifs is 1. The van der Waals surface area contributed by atoms with E-state index in [2.05, 4.69) is 11.4 Å². The fraction of sp³-hybridized carbons (Fsp3) is 0.125. The Balaban J connectivity index is 1.82. The molecule has 0 radical (unpaired) electrons. The molecule has 0 saturated carbocycles. The molecule has 2 aromatic heterocycles. The van der Waals surface area contributed by atoms with Gasteiger partial charge in [0.1, 0.15) is 16.8 Å². The minimum Gasteiger partial charge on any atom is -0.497 e. The molecule has 6 heteroatoms. The van der Waals surface area contributed by atoms with Crippen LogP contribution in [0.4, 0.5) is 5.00 Å². The van der Waals surface area contributed by atoms with Crippen LogP contribution in [0.25, 0.3) is 22.2 Å². The molecule has 0 unspecified atom stereocenters. The van der Waals surface area contributed by atoms with E-state index in [1.54, 1.807) is 13.2 Å². The van der Waals surface area contributed by atoms with Gasteiger partial charge in [-0.1, -0.05) is 30.3 Å². The van der Waals surface area contributed by atoms with Crippen LogP contribution in [0.3, 0.4) is 0 Å². The van der Waals surface area contributed by atoms with Crippen molar-refractivity contribution in [3.8, 4) is 23.1 Å². The van der Waals surface area contributed by atoms with Crippen molar-refractivity contribution in [2.75, 3.05) is 12.4 Å². The van der Waals surface area contributed by atoms with E-state index >= 15 is 0 Å². The minimum absolute atomic E-state index is 0.268. The Bertz CT molecular complexity index is 1320. The second-order valence-corrected chi connectivity index (χ2v) is 8.08. The maximum Gasteiger partial charge on any atom is 0.257 e. The number of benzene rings is 2. The van der Waals surface area contributed by atoms with Gasteiger partial charge in [0.25, 0.3) is 5.91 Å². The number of carbonyl (C=O) groups excluding carboxylic acids is 1. The van der Waals surface area contributed by atoms with Crippen molar-refractivity contribution < 1.29 is 9.53 Å². The zero-order valence-corrected chi connectivity index (χ0v) is 17.6. The van der Waals surface area contributed by atoms with E-state index in [-0.39, 0.29) is 5.91 Å². The summed E-state index contributed by atoms with van der Waals surface area (Å²) in [5.74, 6) is 0.451. The predicted molar refractivity (Wildman–Crippen MR) is 120 cm³/mol. The second-order valence-electron chi connectivity index (χ2n) is 6.86. The van der Waals surface area contributed by atoms with Crippen LogP contribution in [0.5, 0.6) is 5.75 Å². The van der Waals surface area contributed by atoms with Crippen LogP contribution in [0, 0.1) is 25.2 Å². The molecule has 0 aliphatic heterocycles. The number of nitriles is 1. The monoisotopic (exact) mass is 413 g/mol. The Morgan fingerprint density at radius 2 is 1.93 bits per heavy atom. The molecule has 0 atom stereocenters. The molecular weight excluding hydrogens is 394 g/mol. The van der Waals surface area contributed by atoms with Crippen LogP contribution in [0.2, 0.25) is 0 Å². The maximum absolute atomic E-state index is 13.3. The molecule has 0 aliphatic rings. The summed E-state index contributed by atoms with van der Waals surface area (Å²) in [6, 6.07) is 19.1. The number of pyridine rings is 1. The van der Waals surface area contributed by atoms with E-state index in [1.165, 1.54) is 11.3 Å². The first kappa shape index (κ1) is 19.6. The summed E-state index contributed by atoms with van der Waals surface area (Å²) in [4.78, 5) is 19.0. The molecule has 5 nitrogen and oxygen atoms in total. The third-order valence-corrected chi connectivity index (χ3v) is 6.17. The Hall–Kier alpha value is -3.69. The summed E-state index contributed by atoms with van der Waals surface area (Å²) >= 11 is 1.41. The number of ether oxygens (including phenoxy) is 1. The van der Waals surface area contributed by atoms with Crippen molar-refractivity contribution in [2.45, 2.75) is 13.8 Å². The van der Waals surface area contributed by atoms with Gasteiger partial charge in [-0.15, -0.1) is 11.3 Å². The number of carbonyl (C=O) groups is 1. The molecule has 4 aromatic rings. The van der Waals surface area contributed by atoms with Crippen molar-refractivity contribution in [3.05, 3.63) is 76.2 Å². The number of hydrogen-bond donors (Lipinski definition) is 1. The lowest BCUT2D eigenvalue weighted by atomic mass is 10.0. The van der Waals surface area contributed by atoms with Crippen molar-refractivity contribution in [3.63, 3.8) is 0 Å². The van der Waals surface area contributed by atoms with E-state index in [4.69, 9.17) is 9.72 Å². The molecule has 0 bridgehead atoms. The number of methoxy groups -OCH3 is 1. The highest BCUT2D eigenvalue weighted by Gasteiger charge is 2.18. The highest BCUT2D eigenvalue weighted by molar-refractivity contribution is 7.16. The van der Waals surface area contributed by atoms with Gasteiger partial charge < -0.3 is 10.1 Å². The summed E-state index contributed by atoms with van der Waals surface area (Å²) in [7, 11) is 1.61. The van der Waals surface area contributed by atoms with E-state index < -0.39 is 0 Å². The van der Waals surface area contributed by atoms with Crippen molar-refractivity contribution in [1.29, 1.82) is 5.26 Å². The molecule has 1 amide bonds. The molecule has 4 rings (SSSR count). The van der Waals surface area contributed by atoms with Gasteiger partial charge in [-0.3, -0.25) is 4.79 Å². The first-order valence-electron chi connectivity index (χ1n) is 9.37. The average Bonchev–Trinajstić information content (AvgIpc) is 3.05. The highest BCUT2D eigenvalue weighted by atomic mass is 32.1. The number of amides is 1. The van der Waals surface area contributed by atoms with Gasteiger partial charge in [0.2, 0.25) is 0 Å². The van der Waals surface area contributed by atoms with Crippen LogP contribution in [-0.2, 0) is 0 Å². The Morgan fingerprint density at radius 1 is 1.13 bits per heavy atom. The lowest BCUT2D eigenvalue weighted by Crippen LogP contribution is -2.13. The molecule has 0 spiro atoms. The summed E-state index contributed by atoms with van der Waals surface area (Å²) in [5, 5.41) is 13.8. The molecule has 2 heterocycles. The van der Waals surface area contributed by atoms with Crippen molar-refractivity contribution in [2.24, 2.45) is 0 Å². The molecule has 1 N–H and O–H groups in total. The van der Waals surface area contributed by atoms with Gasteiger partial charge >= 0.3 is 0 Å². The highest BCUT2D eigenvalue weighted by Crippen LogP contribution is 2.33. The van der Waals surface area contributed by atoms with Gasteiger partial charge in [-0.05, 0) is 43.7 Å². The standard InChI is InChI=1S/C24H19N3O2S/c1-14-15(2)30-24(20(14)13-25)27-23(28)19-12-22(16-7-6-8-17(11-16)29-3)26-21-10-5-4-9-18(19)21/h4-12H,1-3H3,(H,27,28). The first-order valence-corrected chi connectivity index (χ1v) is 10.2. The number of hydrogen-bond acceptors (Lipinski definition) is 5. The van der Waals surface area contributed by atoms with Crippen molar-refractivity contribution >= 4 is 33.1 Å². The Labute approximate surface area is 178 Å². The summed E-state index contributed by atoms with van der Waals surface area (Å²) in [5.41, 5.74) is 4.17. The molecule has 148 valence electrons. The van der Waals surface area contributed by atoms with E-state index in [0.29, 0.717) is 21.8 Å². The maximum atomic E-state index is 13.3. The molecule has 0 aliphatic carbocycles. The van der Waals surface area contributed by atoms with Crippen molar-refractivity contribution in [1.82, 2.24) is 4.98 Å². The van der Waals surface area contributed by atoms with Gasteiger partial charge in [0.05, 0.1) is 29.4 Å². The van der Waals surface area contributed by atoms with Gasteiger partial charge in [0.15, 0.2) is 0 Å². The smallest absolute Gasteiger partial charge is 0.257 e. The van der Waals surface area contributed by atoms with Gasteiger partial charge in [-0.2, -0.15) is 5.26 Å². The quantitative estimate of drug-likeness (QED) is 0.465. The lowest BCUT2D eigenvalue weighted by molar-refractivity contribution is 0.102. The normalized spacial score (nSPS) is 10.6. The SMILES string of the molecule is COc1cccc(-c2cc(C(=O)Nc3sc(C)c(C)c3C#N)c3ccccc3n2)c1. The number of anilines is 1. The number of aryl methyl sites for hydroxylation is 1. The van der Waals surface area contributed by atoms with Crippen LogP contribution in [0.15, 0.2) is 54.6 Å². The van der Waals surface area contributed by atoms with Crippen LogP contribution in [0.1, 0.15) is 26.4 Å². The number of thiophene rings is 1. The molecule has 0 saturated heterocycles. The lowest BCUT2D eigenvalue weighted by Gasteiger charge is -2.11. The number of nitrogens with one attached hydrogen (secondary N) is 1. The number of rotatable bonds is 4. The number of nitrogens with zero attached hydrogens (tertiary/aromatic N) is 2. The van der Waals surface area contributed by atoms with Crippen LogP contribution >= 0.6 is 11.3 Å². The fourth-order valence-corrected chi connectivity index (χ4v) is 4.32. The predicted octanol–water partition coefficient (Wildman–Crippen LogP) is 5.71. The van der Waals surface area contributed by atoms with Gasteiger partial charge in [-0.25, -0.2) is 4.98 Å². The van der Waals surface area contributed by atoms with E-state index in [0.717, 1.165) is 32.7 Å². The van der Waals surface area contributed by atoms with Crippen LogP contribution < -0.4 is 10.1 Å². The number of aromatic nitrogens is 1.